The SMILES string of the molecule is Cc1ccc(S(=O)(=O)Nc2ccc(NC(=O)CCn3c(=O)[nH]c(=O)c4ccccc43)cc2)c(F)c1. The molecule has 0 fully saturated rings. The summed E-state index contributed by atoms with van der Waals surface area (Å²) in [5.41, 5.74) is 0.513. The van der Waals surface area contributed by atoms with Gasteiger partial charge in [0, 0.05) is 24.3 Å². The van der Waals surface area contributed by atoms with Crippen LogP contribution in [0.15, 0.2) is 81.2 Å². The van der Waals surface area contributed by atoms with Crippen molar-refractivity contribution in [1.29, 1.82) is 0 Å². The first-order chi connectivity index (χ1) is 16.6. The van der Waals surface area contributed by atoms with Gasteiger partial charge >= 0.3 is 5.69 Å². The molecule has 0 atom stereocenters. The average molecular weight is 497 g/mol. The summed E-state index contributed by atoms with van der Waals surface area (Å²) in [5, 5.41) is 3.01. The first-order valence-corrected chi connectivity index (χ1v) is 12.0. The normalized spacial score (nSPS) is 11.4. The highest BCUT2D eigenvalue weighted by atomic mass is 32.2. The lowest BCUT2D eigenvalue weighted by Crippen LogP contribution is -2.31. The number of fused-ring (bicyclic) bond motifs is 1. The minimum Gasteiger partial charge on any atom is -0.326 e. The van der Waals surface area contributed by atoms with E-state index in [4.69, 9.17) is 0 Å². The van der Waals surface area contributed by atoms with E-state index in [2.05, 4.69) is 15.0 Å². The number of anilines is 2. The summed E-state index contributed by atoms with van der Waals surface area (Å²) in [7, 11) is -4.13. The lowest BCUT2D eigenvalue weighted by molar-refractivity contribution is -0.116. The molecule has 1 aromatic heterocycles. The maximum atomic E-state index is 14.1. The molecule has 0 spiro atoms. The molecule has 4 rings (SSSR count). The third kappa shape index (κ3) is 5.30. The Morgan fingerprint density at radius 3 is 2.40 bits per heavy atom. The van der Waals surface area contributed by atoms with E-state index in [9.17, 15) is 27.2 Å². The predicted octanol–water partition coefficient (Wildman–Crippen LogP) is 2.97. The van der Waals surface area contributed by atoms with Crippen molar-refractivity contribution in [3.8, 4) is 0 Å². The molecule has 0 radical (unpaired) electrons. The number of carbonyl (C=O) groups excluding carboxylic acids is 1. The first kappa shape index (κ1) is 23.9. The highest BCUT2D eigenvalue weighted by Crippen LogP contribution is 2.21. The Balaban J connectivity index is 1.41. The quantitative estimate of drug-likeness (QED) is 0.362. The third-order valence-corrected chi connectivity index (χ3v) is 6.68. The van der Waals surface area contributed by atoms with Crippen molar-refractivity contribution in [2.75, 3.05) is 10.0 Å². The number of nitrogens with zero attached hydrogens (tertiary/aromatic N) is 1. The van der Waals surface area contributed by atoms with Crippen LogP contribution in [-0.2, 0) is 21.4 Å². The molecule has 0 aliphatic heterocycles. The van der Waals surface area contributed by atoms with Crippen LogP contribution in [-0.4, -0.2) is 23.9 Å². The van der Waals surface area contributed by atoms with E-state index in [-0.39, 0.29) is 24.6 Å². The zero-order valence-corrected chi connectivity index (χ0v) is 19.4. The summed E-state index contributed by atoms with van der Waals surface area (Å²) in [5.74, 6) is -1.24. The van der Waals surface area contributed by atoms with Crippen molar-refractivity contribution in [3.05, 3.63) is 98.9 Å². The topological polar surface area (TPSA) is 130 Å². The first-order valence-electron chi connectivity index (χ1n) is 10.5. The number of aromatic amines is 1. The number of sulfonamides is 1. The fraction of sp³-hybridized carbons (Fsp3) is 0.125. The van der Waals surface area contributed by atoms with Crippen molar-refractivity contribution in [2.45, 2.75) is 24.8 Å². The minimum atomic E-state index is -4.13. The van der Waals surface area contributed by atoms with Crippen LogP contribution >= 0.6 is 0 Å². The number of H-pyrrole nitrogens is 1. The summed E-state index contributed by atoms with van der Waals surface area (Å²) >= 11 is 0. The number of aromatic nitrogens is 2. The van der Waals surface area contributed by atoms with E-state index in [0.29, 0.717) is 22.2 Å². The lowest BCUT2D eigenvalue weighted by Gasteiger charge is -2.11. The Bertz CT molecular complexity index is 1640. The largest absolute Gasteiger partial charge is 0.328 e. The van der Waals surface area contributed by atoms with E-state index >= 15 is 0 Å². The van der Waals surface area contributed by atoms with Gasteiger partial charge in [-0.1, -0.05) is 18.2 Å². The molecule has 180 valence electrons. The Morgan fingerprint density at radius 1 is 1.00 bits per heavy atom. The van der Waals surface area contributed by atoms with Crippen molar-refractivity contribution in [3.63, 3.8) is 0 Å². The lowest BCUT2D eigenvalue weighted by atomic mass is 10.2. The number of aryl methyl sites for hydroxylation is 2. The standard InChI is InChI=1S/C24H21FN4O5S/c1-15-6-11-21(19(25)14-15)35(33,34)28-17-9-7-16(8-10-17)26-22(30)12-13-29-20-5-3-2-4-18(20)23(31)27-24(29)32/h2-11,14,28H,12-13H2,1H3,(H,26,30)(H,27,31,32). The Hall–Kier alpha value is -4.25. The number of halogens is 1. The Labute approximate surface area is 199 Å². The van der Waals surface area contributed by atoms with Gasteiger partial charge in [-0.3, -0.25) is 23.9 Å². The van der Waals surface area contributed by atoms with E-state index in [1.54, 1.807) is 31.2 Å². The van der Waals surface area contributed by atoms with Crippen LogP contribution in [0, 0.1) is 12.7 Å². The molecule has 3 aromatic carbocycles. The summed E-state index contributed by atoms with van der Waals surface area (Å²) < 4.78 is 42.7. The molecule has 11 heteroatoms. The number of nitrogens with one attached hydrogen (secondary N) is 3. The molecular formula is C24H21FN4O5S. The number of carbonyl (C=O) groups is 1. The molecule has 0 aliphatic carbocycles. The number of amides is 1. The van der Waals surface area contributed by atoms with Crippen molar-refractivity contribution in [1.82, 2.24) is 9.55 Å². The number of para-hydroxylation sites is 1. The molecular weight excluding hydrogens is 475 g/mol. The Kier molecular flexibility index (Phi) is 6.52. The van der Waals surface area contributed by atoms with Crippen LogP contribution in [0.4, 0.5) is 15.8 Å². The number of hydrogen-bond acceptors (Lipinski definition) is 5. The second kappa shape index (κ2) is 9.55. The summed E-state index contributed by atoms with van der Waals surface area (Å²) in [6, 6.07) is 16.3. The monoisotopic (exact) mass is 496 g/mol. The Morgan fingerprint density at radius 2 is 1.69 bits per heavy atom. The molecule has 0 aliphatic rings. The molecule has 0 unspecified atom stereocenters. The van der Waals surface area contributed by atoms with Crippen molar-refractivity contribution < 1.29 is 17.6 Å². The molecule has 4 aromatic rings. The molecule has 9 nitrogen and oxygen atoms in total. The maximum Gasteiger partial charge on any atom is 0.328 e. The zero-order chi connectivity index (χ0) is 25.2. The number of rotatable bonds is 7. The van der Waals surface area contributed by atoms with Crippen molar-refractivity contribution in [2.24, 2.45) is 0 Å². The summed E-state index contributed by atoms with van der Waals surface area (Å²) in [6.07, 6.45) is -0.0446. The van der Waals surface area contributed by atoms with E-state index in [0.717, 1.165) is 6.07 Å². The molecule has 35 heavy (non-hydrogen) atoms. The average Bonchev–Trinajstić information content (AvgIpc) is 2.80. The van der Waals surface area contributed by atoms with Crippen LogP contribution in [0.1, 0.15) is 12.0 Å². The van der Waals surface area contributed by atoms with Crippen LogP contribution in [0.25, 0.3) is 10.9 Å². The number of benzene rings is 3. The van der Waals surface area contributed by atoms with E-state index < -0.39 is 32.0 Å². The van der Waals surface area contributed by atoms with Gasteiger partial charge in [-0.05, 0) is 61.0 Å². The van der Waals surface area contributed by atoms with Gasteiger partial charge in [0.15, 0.2) is 0 Å². The highest BCUT2D eigenvalue weighted by molar-refractivity contribution is 7.92. The molecule has 1 heterocycles. The van der Waals surface area contributed by atoms with Gasteiger partial charge in [-0.2, -0.15) is 0 Å². The van der Waals surface area contributed by atoms with Crippen LogP contribution in [0.5, 0.6) is 0 Å². The smallest absolute Gasteiger partial charge is 0.326 e. The second-order valence-corrected chi connectivity index (χ2v) is 9.49. The van der Waals surface area contributed by atoms with Gasteiger partial charge in [-0.25, -0.2) is 17.6 Å². The van der Waals surface area contributed by atoms with Gasteiger partial charge in [0.1, 0.15) is 10.7 Å². The van der Waals surface area contributed by atoms with Gasteiger partial charge in [0.05, 0.1) is 10.9 Å². The van der Waals surface area contributed by atoms with Crippen LogP contribution in [0.3, 0.4) is 0 Å². The van der Waals surface area contributed by atoms with Gasteiger partial charge in [0.25, 0.3) is 15.6 Å². The van der Waals surface area contributed by atoms with Gasteiger partial charge < -0.3 is 5.32 Å². The minimum absolute atomic E-state index is 0.0436. The van der Waals surface area contributed by atoms with E-state index in [1.165, 1.54) is 41.0 Å². The fourth-order valence-corrected chi connectivity index (χ4v) is 4.68. The summed E-state index contributed by atoms with van der Waals surface area (Å²) in [6.45, 7) is 1.70. The highest BCUT2D eigenvalue weighted by Gasteiger charge is 2.19. The molecule has 1 amide bonds. The zero-order valence-electron chi connectivity index (χ0n) is 18.5. The molecule has 3 N–H and O–H groups in total. The predicted molar refractivity (Wildman–Crippen MR) is 130 cm³/mol. The van der Waals surface area contributed by atoms with Crippen molar-refractivity contribution >= 4 is 38.2 Å². The fourth-order valence-electron chi connectivity index (χ4n) is 3.56. The maximum absolute atomic E-state index is 14.1. The van der Waals surface area contributed by atoms with E-state index in [1.807, 2.05) is 0 Å². The summed E-state index contributed by atoms with van der Waals surface area (Å²) in [4.78, 5) is 38.3. The van der Waals surface area contributed by atoms with Gasteiger partial charge in [0.2, 0.25) is 5.91 Å². The van der Waals surface area contributed by atoms with Crippen LogP contribution < -0.4 is 21.3 Å². The third-order valence-electron chi connectivity index (χ3n) is 5.27. The molecule has 0 bridgehead atoms. The number of hydrogen-bond donors (Lipinski definition) is 3. The second-order valence-electron chi connectivity index (χ2n) is 7.84. The van der Waals surface area contributed by atoms with Gasteiger partial charge in [-0.15, -0.1) is 0 Å². The van der Waals surface area contributed by atoms with Crippen LogP contribution in [0.2, 0.25) is 0 Å². The molecule has 0 saturated heterocycles. The molecule has 0 saturated carbocycles.